The number of hydrogen-bond donors (Lipinski definition) is 1. The Kier molecular flexibility index (Phi) is 4.30. The number of amides is 1. The molecule has 2 heterocycles. The van der Waals surface area contributed by atoms with Gasteiger partial charge in [0.1, 0.15) is 11.8 Å². The Morgan fingerprint density at radius 3 is 2.52 bits per heavy atom. The van der Waals surface area contributed by atoms with Crippen LogP contribution in [-0.4, -0.2) is 26.9 Å². The van der Waals surface area contributed by atoms with E-state index in [9.17, 15) is 13.6 Å². The van der Waals surface area contributed by atoms with Crippen molar-refractivity contribution in [2.45, 2.75) is 45.1 Å². The van der Waals surface area contributed by atoms with Crippen molar-refractivity contribution in [1.82, 2.24) is 15.0 Å². The summed E-state index contributed by atoms with van der Waals surface area (Å²) < 4.78 is 27.0. The van der Waals surface area contributed by atoms with E-state index in [1.54, 1.807) is 6.92 Å². The first kappa shape index (κ1) is 17.8. The monoisotopic (exact) mass is 389 g/mol. The summed E-state index contributed by atoms with van der Waals surface area (Å²) in [5.74, 6) is -2.32. The molecule has 1 N–H and O–H groups in total. The molecule has 140 valence electrons. The van der Waals surface area contributed by atoms with Crippen LogP contribution in [0.2, 0.25) is 0 Å². The number of anilines is 1. The molecule has 6 nitrogen and oxygen atoms in total. The Balaban J connectivity index is 1.68. The second-order valence-corrected chi connectivity index (χ2v) is 8.30. The third-order valence-corrected chi connectivity index (χ3v) is 6.48. The van der Waals surface area contributed by atoms with E-state index in [-0.39, 0.29) is 33.8 Å². The molecule has 2 aliphatic carbocycles. The van der Waals surface area contributed by atoms with Crippen molar-refractivity contribution in [3.63, 3.8) is 0 Å². The molecule has 2 aromatic rings. The van der Waals surface area contributed by atoms with Crippen molar-refractivity contribution in [2.75, 3.05) is 5.43 Å². The summed E-state index contributed by atoms with van der Waals surface area (Å²) in [5, 5.41) is 10.7. The minimum atomic E-state index is -0.964. The number of hydrogen-bond acceptors (Lipinski definition) is 6. The smallest absolute Gasteiger partial charge is 0.292 e. The molecule has 2 aliphatic rings. The molecule has 0 aliphatic heterocycles. The summed E-state index contributed by atoms with van der Waals surface area (Å²) in [4.78, 5) is 21.1. The molecular formula is C18H17F2N5OS. The molecule has 9 heteroatoms. The lowest BCUT2D eigenvalue weighted by atomic mass is 9.53. The molecule has 1 spiro atoms. The first-order valence-electron chi connectivity index (χ1n) is 8.73. The average Bonchev–Trinajstić information content (AvgIpc) is 2.91. The summed E-state index contributed by atoms with van der Waals surface area (Å²) in [6.45, 7) is 1.73. The lowest BCUT2D eigenvalue weighted by Gasteiger charge is -2.59. The largest absolute Gasteiger partial charge is 0.295 e. The quantitative estimate of drug-likeness (QED) is 0.635. The number of carbonyl (C=O) groups excluding carboxylic acids is 1. The van der Waals surface area contributed by atoms with Gasteiger partial charge in [-0.2, -0.15) is 19.0 Å². The van der Waals surface area contributed by atoms with Gasteiger partial charge in [-0.1, -0.05) is 6.42 Å². The summed E-state index contributed by atoms with van der Waals surface area (Å²) in [6.07, 6.45) is 5.01. The minimum absolute atomic E-state index is 0.0643. The minimum Gasteiger partial charge on any atom is -0.295 e. The number of nitrogens with one attached hydrogen (secondary N) is 1. The van der Waals surface area contributed by atoms with Crippen LogP contribution in [0.1, 0.15) is 52.5 Å². The summed E-state index contributed by atoms with van der Waals surface area (Å²) >= 11 is 1.15. The lowest BCUT2D eigenvalue weighted by Crippen LogP contribution is -2.61. The summed E-state index contributed by atoms with van der Waals surface area (Å²) in [5.41, 5.74) is 3.26. The molecule has 4 rings (SSSR count). The Hall–Kier alpha value is -2.60. The first-order chi connectivity index (χ1) is 12.9. The zero-order valence-corrected chi connectivity index (χ0v) is 15.4. The van der Waals surface area contributed by atoms with Crippen LogP contribution in [0.15, 0.2) is 12.1 Å². The SMILES string of the molecule is Cc1sc(C#N)nc1C(=O)N(Nc1cc(F)nc(F)c1)[C@H]1CCC12CCC2. The van der Waals surface area contributed by atoms with Crippen molar-refractivity contribution in [3.05, 3.63) is 39.6 Å². The van der Waals surface area contributed by atoms with E-state index in [0.29, 0.717) is 4.88 Å². The number of nitriles is 1. The number of thiazole rings is 1. The van der Waals surface area contributed by atoms with Crippen molar-refractivity contribution >= 4 is 22.9 Å². The number of aromatic nitrogens is 2. The van der Waals surface area contributed by atoms with Gasteiger partial charge in [0.15, 0.2) is 5.01 Å². The number of carbonyl (C=O) groups is 1. The van der Waals surface area contributed by atoms with E-state index in [2.05, 4.69) is 15.4 Å². The number of pyridine rings is 1. The highest BCUT2D eigenvalue weighted by molar-refractivity contribution is 7.12. The van der Waals surface area contributed by atoms with Crippen LogP contribution in [0.5, 0.6) is 0 Å². The van der Waals surface area contributed by atoms with Crippen LogP contribution in [-0.2, 0) is 0 Å². The van der Waals surface area contributed by atoms with Gasteiger partial charge < -0.3 is 0 Å². The van der Waals surface area contributed by atoms with E-state index in [1.807, 2.05) is 6.07 Å². The summed E-state index contributed by atoms with van der Waals surface area (Å²) in [6, 6.07) is 3.96. The highest BCUT2D eigenvalue weighted by atomic mass is 32.1. The molecule has 0 saturated heterocycles. The van der Waals surface area contributed by atoms with E-state index in [0.717, 1.165) is 55.6 Å². The molecule has 2 saturated carbocycles. The van der Waals surface area contributed by atoms with Gasteiger partial charge in [0.25, 0.3) is 5.91 Å². The van der Waals surface area contributed by atoms with Gasteiger partial charge in [0.05, 0.1) is 11.7 Å². The van der Waals surface area contributed by atoms with Gasteiger partial charge in [-0.25, -0.2) is 9.99 Å². The van der Waals surface area contributed by atoms with Crippen LogP contribution < -0.4 is 5.43 Å². The second kappa shape index (κ2) is 6.53. The van der Waals surface area contributed by atoms with Gasteiger partial charge in [0.2, 0.25) is 11.9 Å². The molecule has 2 fully saturated rings. The third kappa shape index (κ3) is 3.04. The Labute approximate surface area is 158 Å². The molecule has 27 heavy (non-hydrogen) atoms. The van der Waals surface area contributed by atoms with E-state index < -0.39 is 11.9 Å². The maximum Gasteiger partial charge on any atom is 0.292 e. The van der Waals surface area contributed by atoms with Crippen LogP contribution in [0.25, 0.3) is 0 Å². The van der Waals surface area contributed by atoms with Crippen molar-refractivity contribution in [1.29, 1.82) is 5.26 Å². The van der Waals surface area contributed by atoms with Crippen LogP contribution in [0, 0.1) is 35.6 Å². The molecule has 0 radical (unpaired) electrons. The molecule has 0 bridgehead atoms. The van der Waals surface area contributed by atoms with Crippen LogP contribution in [0.4, 0.5) is 14.5 Å². The predicted octanol–water partition coefficient (Wildman–Crippen LogP) is 3.80. The number of hydrazine groups is 1. The zero-order valence-electron chi connectivity index (χ0n) is 14.6. The van der Waals surface area contributed by atoms with Gasteiger partial charge in [-0.05, 0) is 38.0 Å². The maximum absolute atomic E-state index is 13.5. The normalized spacial score (nSPS) is 19.7. The Morgan fingerprint density at radius 2 is 2.04 bits per heavy atom. The van der Waals surface area contributed by atoms with E-state index >= 15 is 0 Å². The first-order valence-corrected chi connectivity index (χ1v) is 9.54. The molecule has 1 amide bonds. The van der Waals surface area contributed by atoms with Crippen LogP contribution >= 0.6 is 11.3 Å². The number of aryl methyl sites for hydroxylation is 1. The van der Waals surface area contributed by atoms with E-state index in [1.165, 1.54) is 5.01 Å². The molecule has 2 aromatic heterocycles. The van der Waals surface area contributed by atoms with Crippen molar-refractivity contribution in [3.8, 4) is 6.07 Å². The fourth-order valence-corrected chi connectivity index (χ4v) is 4.70. The number of rotatable bonds is 4. The molecular weight excluding hydrogens is 372 g/mol. The number of nitrogens with zero attached hydrogens (tertiary/aromatic N) is 4. The fourth-order valence-electron chi connectivity index (χ4n) is 3.99. The highest BCUT2D eigenvalue weighted by Gasteiger charge is 2.54. The fraction of sp³-hybridized carbons (Fsp3) is 0.444. The Bertz CT molecular complexity index is 924. The second-order valence-electron chi connectivity index (χ2n) is 7.09. The Morgan fingerprint density at radius 1 is 1.33 bits per heavy atom. The van der Waals surface area contributed by atoms with Crippen molar-refractivity contribution < 1.29 is 13.6 Å². The summed E-state index contributed by atoms with van der Waals surface area (Å²) in [7, 11) is 0. The predicted molar refractivity (Wildman–Crippen MR) is 94.8 cm³/mol. The number of halogens is 2. The topological polar surface area (TPSA) is 81.9 Å². The van der Waals surface area contributed by atoms with E-state index in [4.69, 9.17) is 5.26 Å². The van der Waals surface area contributed by atoms with Gasteiger partial charge >= 0.3 is 0 Å². The zero-order chi connectivity index (χ0) is 19.2. The molecule has 0 unspecified atom stereocenters. The molecule has 1 atom stereocenters. The van der Waals surface area contributed by atoms with Gasteiger partial charge in [-0.3, -0.25) is 10.2 Å². The van der Waals surface area contributed by atoms with Crippen LogP contribution in [0.3, 0.4) is 0 Å². The van der Waals surface area contributed by atoms with Gasteiger partial charge in [-0.15, -0.1) is 11.3 Å². The maximum atomic E-state index is 13.5. The lowest BCUT2D eigenvalue weighted by molar-refractivity contribution is -0.0630. The van der Waals surface area contributed by atoms with Gasteiger partial charge in [0, 0.05) is 17.0 Å². The average molecular weight is 389 g/mol. The standard InChI is InChI=1S/C18H17F2N5OS/c1-10-16(23-15(9-21)27-10)17(26)25(12-3-6-18(12)4-2-5-18)24-11-7-13(19)22-14(20)8-11/h7-8,12H,2-6H2,1H3,(H,22,24)/t12-/m0/s1. The van der Waals surface area contributed by atoms with Crippen molar-refractivity contribution in [2.24, 2.45) is 5.41 Å². The molecule has 0 aromatic carbocycles. The third-order valence-electron chi connectivity index (χ3n) is 5.61. The highest BCUT2D eigenvalue weighted by Crippen LogP contribution is 2.57.